The van der Waals surface area contributed by atoms with Crippen molar-refractivity contribution in [3.63, 3.8) is 0 Å². The van der Waals surface area contributed by atoms with Gasteiger partial charge in [-0.05, 0) is 49.2 Å². The number of nitrogens with one attached hydrogen (secondary N) is 1. The lowest BCUT2D eigenvalue weighted by Gasteiger charge is -2.22. The summed E-state index contributed by atoms with van der Waals surface area (Å²) in [5, 5.41) is 2.79. The summed E-state index contributed by atoms with van der Waals surface area (Å²) in [4.78, 5) is 12.0. The van der Waals surface area contributed by atoms with Crippen LogP contribution in [0.1, 0.15) is 18.4 Å². The van der Waals surface area contributed by atoms with E-state index in [1.165, 1.54) is 4.31 Å². The molecule has 0 fully saturated rings. The minimum absolute atomic E-state index is 0.129. The molecule has 1 N–H and O–H groups in total. The molecular weight excluding hydrogens is 444 g/mol. The average Bonchev–Trinajstić information content (AvgIpc) is 2.61. The highest BCUT2D eigenvalue weighted by Crippen LogP contribution is 2.22. The molecule has 152 valence electrons. The number of hydrogen-bond donors (Lipinski definition) is 1. The van der Waals surface area contributed by atoms with Gasteiger partial charge in [0.05, 0.1) is 18.5 Å². The van der Waals surface area contributed by atoms with Crippen molar-refractivity contribution in [1.29, 1.82) is 0 Å². The SMILES string of the molecule is Cc1cccc(OCCNC(=O)CCCN(c2cccc(Br)c2)S(C)(=O)=O)c1. The van der Waals surface area contributed by atoms with Gasteiger partial charge >= 0.3 is 0 Å². The van der Waals surface area contributed by atoms with Gasteiger partial charge in [0.25, 0.3) is 0 Å². The molecule has 0 spiro atoms. The van der Waals surface area contributed by atoms with Gasteiger partial charge in [0, 0.05) is 17.4 Å². The first-order chi connectivity index (χ1) is 13.3. The molecule has 0 saturated heterocycles. The van der Waals surface area contributed by atoms with Gasteiger partial charge in [0.2, 0.25) is 15.9 Å². The summed E-state index contributed by atoms with van der Waals surface area (Å²) in [6.45, 7) is 3.00. The second-order valence-electron chi connectivity index (χ2n) is 6.43. The maximum absolute atomic E-state index is 12.1. The van der Waals surface area contributed by atoms with Crippen LogP contribution in [0.3, 0.4) is 0 Å². The zero-order valence-corrected chi connectivity index (χ0v) is 18.4. The van der Waals surface area contributed by atoms with Crippen molar-refractivity contribution < 1.29 is 17.9 Å². The first kappa shape index (κ1) is 22.2. The van der Waals surface area contributed by atoms with E-state index < -0.39 is 10.0 Å². The van der Waals surface area contributed by atoms with Gasteiger partial charge in [-0.15, -0.1) is 0 Å². The Balaban J connectivity index is 1.75. The lowest BCUT2D eigenvalue weighted by Crippen LogP contribution is -2.32. The van der Waals surface area contributed by atoms with Gasteiger partial charge in [0.1, 0.15) is 12.4 Å². The third kappa shape index (κ3) is 7.52. The minimum atomic E-state index is -3.43. The number of amides is 1. The molecule has 6 nitrogen and oxygen atoms in total. The molecule has 0 heterocycles. The van der Waals surface area contributed by atoms with Crippen molar-refractivity contribution in [2.24, 2.45) is 0 Å². The number of aryl methyl sites for hydroxylation is 1. The molecule has 0 atom stereocenters. The molecule has 0 aliphatic carbocycles. The molecule has 0 radical (unpaired) electrons. The van der Waals surface area contributed by atoms with Crippen LogP contribution in [0.5, 0.6) is 5.75 Å². The van der Waals surface area contributed by atoms with Crippen LogP contribution in [-0.4, -0.2) is 40.3 Å². The first-order valence-electron chi connectivity index (χ1n) is 8.95. The van der Waals surface area contributed by atoms with Gasteiger partial charge in [-0.3, -0.25) is 9.10 Å². The van der Waals surface area contributed by atoms with Crippen molar-refractivity contribution in [2.45, 2.75) is 19.8 Å². The highest BCUT2D eigenvalue weighted by molar-refractivity contribution is 9.10. The summed E-state index contributed by atoms with van der Waals surface area (Å²) in [6, 6.07) is 14.8. The van der Waals surface area contributed by atoms with Crippen LogP contribution >= 0.6 is 15.9 Å². The Morgan fingerprint density at radius 3 is 2.61 bits per heavy atom. The largest absolute Gasteiger partial charge is 0.492 e. The lowest BCUT2D eigenvalue weighted by molar-refractivity contribution is -0.121. The summed E-state index contributed by atoms with van der Waals surface area (Å²) in [5.41, 5.74) is 1.69. The Kier molecular flexibility index (Phi) is 8.32. The Morgan fingerprint density at radius 2 is 1.93 bits per heavy atom. The predicted molar refractivity (Wildman–Crippen MR) is 115 cm³/mol. The summed E-state index contributed by atoms with van der Waals surface area (Å²) in [6.07, 6.45) is 1.82. The molecule has 28 heavy (non-hydrogen) atoms. The van der Waals surface area contributed by atoms with E-state index in [4.69, 9.17) is 4.74 Å². The second kappa shape index (κ2) is 10.5. The molecule has 0 aromatic heterocycles. The monoisotopic (exact) mass is 468 g/mol. The third-order valence-electron chi connectivity index (χ3n) is 3.94. The standard InChI is InChI=1S/C20H25BrN2O4S/c1-16-6-3-9-19(14-16)27-13-11-22-20(24)10-5-12-23(28(2,25)26)18-8-4-7-17(21)15-18/h3-4,6-9,14-15H,5,10-13H2,1-2H3,(H,22,24). The second-order valence-corrected chi connectivity index (χ2v) is 9.26. The highest BCUT2D eigenvalue weighted by atomic mass is 79.9. The molecule has 2 aromatic rings. The fourth-order valence-electron chi connectivity index (χ4n) is 2.65. The Bertz CT molecular complexity index is 903. The average molecular weight is 469 g/mol. The van der Waals surface area contributed by atoms with Crippen LogP contribution < -0.4 is 14.4 Å². The lowest BCUT2D eigenvalue weighted by atomic mass is 10.2. The quantitative estimate of drug-likeness (QED) is 0.541. The number of sulfonamides is 1. The van der Waals surface area contributed by atoms with Crippen LogP contribution in [0.2, 0.25) is 0 Å². The van der Waals surface area contributed by atoms with Crippen LogP contribution in [0.25, 0.3) is 0 Å². The number of halogens is 1. The van der Waals surface area contributed by atoms with Crippen molar-refractivity contribution in [3.8, 4) is 5.75 Å². The Morgan fingerprint density at radius 1 is 1.18 bits per heavy atom. The highest BCUT2D eigenvalue weighted by Gasteiger charge is 2.17. The number of carbonyl (C=O) groups excluding carboxylic acids is 1. The van der Waals surface area contributed by atoms with Crippen LogP contribution in [0.15, 0.2) is 53.0 Å². The van der Waals surface area contributed by atoms with Crippen molar-refractivity contribution >= 4 is 37.5 Å². The number of hydrogen-bond acceptors (Lipinski definition) is 4. The number of carbonyl (C=O) groups is 1. The topological polar surface area (TPSA) is 75.7 Å². The number of benzene rings is 2. The van der Waals surface area contributed by atoms with Crippen molar-refractivity contribution in [2.75, 3.05) is 30.3 Å². The van der Waals surface area contributed by atoms with Crippen LogP contribution in [0, 0.1) is 6.92 Å². The van der Waals surface area contributed by atoms with Gasteiger partial charge in [0.15, 0.2) is 0 Å². The van der Waals surface area contributed by atoms with Gasteiger partial charge in [-0.25, -0.2) is 8.42 Å². The van der Waals surface area contributed by atoms with E-state index in [-0.39, 0.29) is 18.9 Å². The molecule has 0 unspecified atom stereocenters. The smallest absolute Gasteiger partial charge is 0.232 e. The van der Waals surface area contributed by atoms with Crippen LogP contribution in [0.4, 0.5) is 5.69 Å². The molecule has 0 saturated carbocycles. The van der Waals surface area contributed by atoms with E-state index in [1.54, 1.807) is 18.2 Å². The predicted octanol–water partition coefficient (Wildman–Crippen LogP) is 3.50. The van der Waals surface area contributed by atoms with Crippen molar-refractivity contribution in [3.05, 3.63) is 58.6 Å². The molecule has 0 aliphatic rings. The normalized spacial score (nSPS) is 11.1. The van der Waals surface area contributed by atoms with Gasteiger partial charge in [-0.2, -0.15) is 0 Å². The number of anilines is 1. The van der Waals surface area contributed by atoms with Crippen LogP contribution in [-0.2, 0) is 14.8 Å². The minimum Gasteiger partial charge on any atom is -0.492 e. The summed E-state index contributed by atoms with van der Waals surface area (Å²) in [5.74, 6) is 0.641. The van der Waals surface area contributed by atoms with E-state index >= 15 is 0 Å². The molecule has 0 bridgehead atoms. The first-order valence-corrected chi connectivity index (χ1v) is 11.6. The molecule has 1 amide bonds. The van der Waals surface area contributed by atoms with E-state index in [0.29, 0.717) is 25.3 Å². The van der Waals surface area contributed by atoms with E-state index in [1.807, 2.05) is 37.3 Å². The zero-order valence-electron chi connectivity index (χ0n) is 16.0. The Hall–Kier alpha value is -2.06. The number of nitrogens with zero attached hydrogens (tertiary/aromatic N) is 1. The summed E-state index contributed by atoms with van der Waals surface area (Å²) in [7, 11) is -3.43. The summed E-state index contributed by atoms with van der Waals surface area (Å²) >= 11 is 3.35. The fourth-order valence-corrected chi connectivity index (χ4v) is 4.00. The zero-order chi connectivity index (χ0) is 20.6. The Labute approximate surface area is 175 Å². The maximum Gasteiger partial charge on any atom is 0.232 e. The number of rotatable bonds is 10. The van der Waals surface area contributed by atoms with Gasteiger partial charge < -0.3 is 10.1 Å². The molecule has 2 aromatic carbocycles. The maximum atomic E-state index is 12.1. The fraction of sp³-hybridized carbons (Fsp3) is 0.350. The van der Waals surface area contributed by atoms with E-state index in [2.05, 4.69) is 21.2 Å². The molecule has 2 rings (SSSR count). The van der Waals surface area contributed by atoms with Gasteiger partial charge in [-0.1, -0.05) is 34.1 Å². The number of ether oxygens (including phenoxy) is 1. The molecule has 0 aliphatic heterocycles. The van der Waals surface area contributed by atoms with E-state index in [0.717, 1.165) is 22.0 Å². The summed E-state index contributed by atoms with van der Waals surface area (Å²) < 4.78 is 31.9. The third-order valence-corrected chi connectivity index (χ3v) is 5.63. The van der Waals surface area contributed by atoms with E-state index in [9.17, 15) is 13.2 Å². The van der Waals surface area contributed by atoms with Crippen molar-refractivity contribution in [1.82, 2.24) is 5.32 Å². The molecule has 8 heteroatoms. The molecular formula is C20H25BrN2O4S.